The third-order valence-electron chi connectivity index (χ3n) is 5.31. The molecule has 1 fully saturated rings. The number of aliphatic hydroxyl groups excluding tert-OH is 1. The van der Waals surface area contributed by atoms with E-state index in [-0.39, 0.29) is 0 Å². The molecule has 0 radical (unpaired) electrons. The van der Waals surface area contributed by atoms with Crippen LogP contribution in [0.25, 0.3) is 10.9 Å². The van der Waals surface area contributed by atoms with E-state index in [1.807, 2.05) is 6.07 Å². The van der Waals surface area contributed by atoms with Crippen molar-refractivity contribution in [1.29, 1.82) is 0 Å². The Morgan fingerprint density at radius 3 is 2.81 bits per heavy atom. The highest BCUT2D eigenvalue weighted by Gasteiger charge is 2.39. The van der Waals surface area contributed by atoms with E-state index in [0.717, 1.165) is 5.39 Å². The number of aliphatic hydroxyl groups is 1. The van der Waals surface area contributed by atoms with Crippen LogP contribution >= 0.6 is 11.6 Å². The van der Waals surface area contributed by atoms with Crippen LogP contribution in [0.5, 0.6) is 5.75 Å². The highest BCUT2D eigenvalue weighted by Crippen LogP contribution is 2.39. The smallest absolute Gasteiger partial charge is 0.309 e. The summed E-state index contributed by atoms with van der Waals surface area (Å²) in [6, 6.07) is 5.41. The molecule has 1 saturated heterocycles. The van der Waals surface area contributed by atoms with E-state index in [0.29, 0.717) is 60.6 Å². The molecule has 1 atom stereocenters. The number of carboxylic acids is 1. The number of fused-ring (bicyclic) bond motifs is 1. The third kappa shape index (κ3) is 3.63. The van der Waals surface area contributed by atoms with Crippen molar-refractivity contribution in [2.24, 2.45) is 5.41 Å². The quantitative estimate of drug-likeness (QED) is 0.715. The largest absolute Gasteiger partial charge is 0.497 e. The van der Waals surface area contributed by atoms with Gasteiger partial charge >= 0.3 is 5.97 Å². The number of hydrogen-bond acceptors (Lipinski definition) is 5. The number of pyridine rings is 1. The second kappa shape index (κ2) is 7.78. The first-order chi connectivity index (χ1) is 12.5. The number of piperidine rings is 1. The van der Waals surface area contributed by atoms with Gasteiger partial charge in [-0.25, -0.2) is 0 Å². The summed E-state index contributed by atoms with van der Waals surface area (Å²) in [6.07, 6.45) is 2.50. The number of benzene rings is 1. The lowest BCUT2D eigenvalue weighted by molar-refractivity contribution is -0.151. The van der Waals surface area contributed by atoms with Crippen LogP contribution in [0.2, 0.25) is 5.02 Å². The molecule has 0 aliphatic carbocycles. The Kier molecular flexibility index (Phi) is 5.65. The molecule has 1 aliphatic heterocycles. The van der Waals surface area contributed by atoms with Crippen molar-refractivity contribution in [3.8, 4) is 5.75 Å². The van der Waals surface area contributed by atoms with Crippen LogP contribution in [0.4, 0.5) is 0 Å². The van der Waals surface area contributed by atoms with E-state index < -0.39 is 17.5 Å². The summed E-state index contributed by atoms with van der Waals surface area (Å²) < 4.78 is 5.26. The van der Waals surface area contributed by atoms with Crippen LogP contribution < -0.4 is 10.1 Å². The van der Waals surface area contributed by atoms with Crippen LogP contribution in [0, 0.1) is 5.41 Å². The molecule has 7 heteroatoms. The number of aromatic nitrogens is 1. The number of carboxylic acid groups (broad SMARTS) is 1. The second-order valence-corrected chi connectivity index (χ2v) is 7.20. The average molecular weight is 379 g/mol. The highest BCUT2D eigenvalue weighted by atomic mass is 35.5. The van der Waals surface area contributed by atoms with E-state index >= 15 is 0 Å². The summed E-state index contributed by atoms with van der Waals surface area (Å²) in [7, 11) is 1.57. The normalized spacial score (nSPS) is 17.8. The molecule has 0 saturated carbocycles. The summed E-state index contributed by atoms with van der Waals surface area (Å²) in [5, 5.41) is 24.8. The van der Waals surface area contributed by atoms with E-state index in [9.17, 15) is 15.0 Å². The highest BCUT2D eigenvalue weighted by molar-refractivity contribution is 6.32. The fraction of sp³-hybridized carbons (Fsp3) is 0.474. The van der Waals surface area contributed by atoms with Gasteiger partial charge in [-0.3, -0.25) is 9.78 Å². The number of ether oxygens (including phenoxy) is 1. The lowest BCUT2D eigenvalue weighted by atomic mass is 9.74. The predicted molar refractivity (Wildman–Crippen MR) is 99.7 cm³/mol. The molecule has 0 bridgehead atoms. The summed E-state index contributed by atoms with van der Waals surface area (Å²) in [5.41, 5.74) is 0.489. The van der Waals surface area contributed by atoms with Gasteiger partial charge in [0.05, 0.1) is 29.2 Å². The molecule has 1 aromatic heterocycles. The molecule has 26 heavy (non-hydrogen) atoms. The topological polar surface area (TPSA) is 91.7 Å². The van der Waals surface area contributed by atoms with Gasteiger partial charge in [0.2, 0.25) is 0 Å². The zero-order valence-electron chi connectivity index (χ0n) is 14.7. The van der Waals surface area contributed by atoms with Crippen LogP contribution in [0.1, 0.15) is 37.4 Å². The maximum atomic E-state index is 11.8. The molecule has 6 nitrogen and oxygen atoms in total. The first kappa shape index (κ1) is 18.9. The van der Waals surface area contributed by atoms with Crippen molar-refractivity contribution >= 4 is 28.5 Å². The van der Waals surface area contributed by atoms with Gasteiger partial charge in [0.25, 0.3) is 0 Å². The van der Waals surface area contributed by atoms with Crippen molar-refractivity contribution in [2.45, 2.75) is 31.8 Å². The maximum absolute atomic E-state index is 11.8. The number of carbonyl (C=O) groups is 1. The molecule has 140 valence electrons. The van der Waals surface area contributed by atoms with E-state index in [2.05, 4.69) is 10.3 Å². The van der Waals surface area contributed by atoms with Crippen molar-refractivity contribution < 1.29 is 19.7 Å². The molecule has 0 spiro atoms. The van der Waals surface area contributed by atoms with Crippen LogP contribution in [-0.2, 0) is 4.79 Å². The molecule has 0 amide bonds. The summed E-state index contributed by atoms with van der Waals surface area (Å²) in [4.78, 5) is 16.1. The molecule has 3 rings (SSSR count). The number of nitrogens with zero attached hydrogens (tertiary/aromatic N) is 1. The SMILES string of the molecule is COc1ccc2ncc(Cl)c(C(O)CCC3(C(=O)O)CCNCC3)c2c1. The minimum absolute atomic E-state index is 0.322. The molecule has 1 unspecified atom stereocenters. The first-order valence-corrected chi connectivity index (χ1v) is 9.09. The lowest BCUT2D eigenvalue weighted by Gasteiger charge is -2.34. The summed E-state index contributed by atoms with van der Waals surface area (Å²) in [6.45, 7) is 1.36. The van der Waals surface area contributed by atoms with Gasteiger partial charge in [0.15, 0.2) is 0 Å². The van der Waals surface area contributed by atoms with Gasteiger partial charge < -0.3 is 20.3 Å². The van der Waals surface area contributed by atoms with E-state index in [4.69, 9.17) is 16.3 Å². The number of rotatable bonds is 6. The molecular weight excluding hydrogens is 356 g/mol. The Morgan fingerprint density at radius 1 is 1.42 bits per heavy atom. The molecule has 1 aliphatic rings. The number of hydrogen-bond donors (Lipinski definition) is 3. The summed E-state index contributed by atoms with van der Waals surface area (Å²) in [5.74, 6) is -0.145. The standard InChI is InChI=1S/C19H23ClN2O4/c1-26-12-2-3-15-13(10-12)17(14(20)11-22-15)16(23)4-5-19(18(24)25)6-8-21-9-7-19/h2-3,10-11,16,21,23H,4-9H2,1H3,(H,24,25). The Hall–Kier alpha value is -1.89. The molecule has 2 aromatic rings. The minimum atomic E-state index is -0.869. The monoisotopic (exact) mass is 378 g/mol. The van der Waals surface area contributed by atoms with Gasteiger partial charge in [-0.1, -0.05) is 11.6 Å². The number of halogens is 1. The second-order valence-electron chi connectivity index (χ2n) is 6.79. The van der Waals surface area contributed by atoms with Gasteiger partial charge in [-0.05, 0) is 57.0 Å². The zero-order valence-corrected chi connectivity index (χ0v) is 15.4. The van der Waals surface area contributed by atoms with Crippen LogP contribution in [-0.4, -0.2) is 41.4 Å². The van der Waals surface area contributed by atoms with Gasteiger partial charge in [0, 0.05) is 17.1 Å². The Bertz CT molecular complexity index is 805. The Labute approximate surface area is 157 Å². The maximum Gasteiger partial charge on any atom is 0.309 e. The van der Waals surface area contributed by atoms with Gasteiger partial charge in [-0.2, -0.15) is 0 Å². The van der Waals surface area contributed by atoms with Crippen LogP contribution in [0.3, 0.4) is 0 Å². The van der Waals surface area contributed by atoms with Crippen molar-refractivity contribution in [3.63, 3.8) is 0 Å². The molecular formula is C19H23ClN2O4. The Morgan fingerprint density at radius 2 is 2.15 bits per heavy atom. The Balaban J connectivity index is 1.88. The van der Waals surface area contributed by atoms with Crippen molar-refractivity contribution in [3.05, 3.63) is 35.0 Å². The number of nitrogens with one attached hydrogen (secondary N) is 1. The minimum Gasteiger partial charge on any atom is -0.497 e. The molecule has 2 heterocycles. The zero-order chi connectivity index (χ0) is 18.7. The average Bonchev–Trinajstić information content (AvgIpc) is 2.66. The molecule has 1 aromatic carbocycles. The lowest BCUT2D eigenvalue weighted by Crippen LogP contribution is -2.42. The fourth-order valence-corrected chi connectivity index (χ4v) is 3.94. The summed E-state index contributed by atoms with van der Waals surface area (Å²) >= 11 is 6.32. The van der Waals surface area contributed by atoms with Crippen molar-refractivity contribution in [2.75, 3.05) is 20.2 Å². The number of aliphatic carboxylic acids is 1. The first-order valence-electron chi connectivity index (χ1n) is 8.71. The van der Waals surface area contributed by atoms with Gasteiger partial charge in [-0.15, -0.1) is 0 Å². The molecule has 3 N–H and O–H groups in total. The number of methoxy groups -OCH3 is 1. The van der Waals surface area contributed by atoms with Crippen molar-refractivity contribution in [1.82, 2.24) is 10.3 Å². The third-order valence-corrected chi connectivity index (χ3v) is 5.61. The predicted octanol–water partition coefficient (Wildman–Crippen LogP) is 3.16. The van der Waals surface area contributed by atoms with E-state index in [1.165, 1.54) is 6.20 Å². The van der Waals surface area contributed by atoms with Gasteiger partial charge in [0.1, 0.15) is 5.75 Å². The fourth-order valence-electron chi connectivity index (χ4n) is 3.67. The van der Waals surface area contributed by atoms with Crippen LogP contribution in [0.15, 0.2) is 24.4 Å². The van der Waals surface area contributed by atoms with E-state index in [1.54, 1.807) is 19.2 Å².